The van der Waals surface area contributed by atoms with Gasteiger partial charge in [0.2, 0.25) is 0 Å². The number of para-hydroxylation sites is 1. The van der Waals surface area contributed by atoms with Gasteiger partial charge in [-0.1, -0.05) is 32.0 Å². The maximum absolute atomic E-state index is 5.77. The summed E-state index contributed by atoms with van der Waals surface area (Å²) in [6.07, 6.45) is 1.60. The summed E-state index contributed by atoms with van der Waals surface area (Å²) in [5.41, 5.74) is 1.14. The fourth-order valence-electron chi connectivity index (χ4n) is 1.77. The number of nitrogens with zero attached hydrogens (tertiary/aromatic N) is 3. The van der Waals surface area contributed by atoms with Crippen molar-refractivity contribution in [2.24, 2.45) is 7.05 Å². The zero-order valence-electron chi connectivity index (χ0n) is 12.7. The third-order valence-electron chi connectivity index (χ3n) is 2.82. The molecule has 1 N–H and O–H groups in total. The Hall–Kier alpha value is -2.08. The molecule has 0 radical (unpaired) electrons. The summed E-state index contributed by atoms with van der Waals surface area (Å²) < 4.78 is 12.8. The van der Waals surface area contributed by atoms with Crippen LogP contribution < -0.4 is 14.8 Å². The van der Waals surface area contributed by atoms with Gasteiger partial charge in [0.05, 0.1) is 0 Å². The van der Waals surface area contributed by atoms with Gasteiger partial charge in [-0.15, -0.1) is 5.10 Å². The third-order valence-corrected chi connectivity index (χ3v) is 2.82. The van der Waals surface area contributed by atoms with Gasteiger partial charge < -0.3 is 14.8 Å². The van der Waals surface area contributed by atoms with E-state index in [-0.39, 0.29) is 0 Å². The SMILES string of the molecule is CC(C)NCc1ccccc1OCCOc1ncn(C)n1. The van der Waals surface area contributed by atoms with Crippen LogP contribution in [0.3, 0.4) is 0 Å². The van der Waals surface area contributed by atoms with Gasteiger partial charge in [0, 0.05) is 25.2 Å². The molecule has 21 heavy (non-hydrogen) atoms. The number of hydrogen-bond acceptors (Lipinski definition) is 5. The predicted molar refractivity (Wildman–Crippen MR) is 80.4 cm³/mol. The number of hydrogen-bond donors (Lipinski definition) is 1. The first kappa shape index (κ1) is 15.3. The molecule has 0 bridgehead atoms. The van der Waals surface area contributed by atoms with Crippen molar-refractivity contribution in [2.45, 2.75) is 26.4 Å². The quantitative estimate of drug-likeness (QED) is 0.751. The number of rotatable bonds is 8. The van der Waals surface area contributed by atoms with Gasteiger partial charge in [0.15, 0.2) is 0 Å². The lowest BCUT2D eigenvalue weighted by atomic mass is 10.2. The van der Waals surface area contributed by atoms with Gasteiger partial charge in [-0.05, 0) is 6.07 Å². The second-order valence-electron chi connectivity index (χ2n) is 5.04. The predicted octanol–water partition coefficient (Wildman–Crippen LogP) is 1.77. The van der Waals surface area contributed by atoms with E-state index in [1.165, 1.54) is 0 Å². The van der Waals surface area contributed by atoms with Gasteiger partial charge in [-0.2, -0.15) is 4.98 Å². The molecule has 0 amide bonds. The monoisotopic (exact) mass is 290 g/mol. The van der Waals surface area contributed by atoms with Crippen LogP contribution in [-0.4, -0.2) is 34.0 Å². The molecule has 0 saturated heterocycles. The van der Waals surface area contributed by atoms with E-state index in [2.05, 4.69) is 35.3 Å². The average molecular weight is 290 g/mol. The standard InChI is InChI=1S/C15H22N4O2/c1-12(2)16-10-13-6-4-5-7-14(13)20-8-9-21-15-17-11-19(3)18-15/h4-7,11-12,16H,8-10H2,1-3H3. The number of benzene rings is 1. The molecule has 1 aromatic carbocycles. The van der Waals surface area contributed by atoms with E-state index in [4.69, 9.17) is 9.47 Å². The van der Waals surface area contributed by atoms with Crippen LogP contribution in [0.2, 0.25) is 0 Å². The van der Waals surface area contributed by atoms with Gasteiger partial charge in [0.25, 0.3) is 0 Å². The molecule has 0 atom stereocenters. The van der Waals surface area contributed by atoms with Crippen LogP contribution >= 0.6 is 0 Å². The minimum absolute atomic E-state index is 0.371. The molecular formula is C15H22N4O2. The second-order valence-corrected chi connectivity index (χ2v) is 5.04. The molecule has 6 heteroatoms. The lowest BCUT2D eigenvalue weighted by Gasteiger charge is -2.13. The first-order valence-corrected chi connectivity index (χ1v) is 7.07. The van der Waals surface area contributed by atoms with E-state index in [9.17, 15) is 0 Å². The highest BCUT2D eigenvalue weighted by molar-refractivity contribution is 5.33. The summed E-state index contributed by atoms with van der Waals surface area (Å²) in [6.45, 7) is 5.90. The summed E-state index contributed by atoms with van der Waals surface area (Å²) in [5, 5.41) is 7.43. The largest absolute Gasteiger partial charge is 0.490 e. The molecule has 114 valence electrons. The summed E-state index contributed by atoms with van der Waals surface area (Å²) in [7, 11) is 1.80. The van der Waals surface area contributed by atoms with Crippen LogP contribution in [0.4, 0.5) is 0 Å². The highest BCUT2D eigenvalue weighted by Crippen LogP contribution is 2.17. The molecule has 6 nitrogen and oxygen atoms in total. The van der Waals surface area contributed by atoms with Crippen molar-refractivity contribution in [2.75, 3.05) is 13.2 Å². The molecule has 2 rings (SSSR count). The van der Waals surface area contributed by atoms with Crippen molar-refractivity contribution >= 4 is 0 Å². The summed E-state index contributed by atoms with van der Waals surface area (Å²) >= 11 is 0. The molecule has 2 aromatic rings. The first-order chi connectivity index (χ1) is 10.1. The van der Waals surface area contributed by atoms with E-state index >= 15 is 0 Å². The lowest BCUT2D eigenvalue weighted by molar-refractivity contribution is 0.204. The van der Waals surface area contributed by atoms with E-state index < -0.39 is 0 Å². The van der Waals surface area contributed by atoms with Gasteiger partial charge in [-0.3, -0.25) is 4.68 Å². The summed E-state index contributed by atoms with van der Waals surface area (Å²) in [4.78, 5) is 3.99. The lowest BCUT2D eigenvalue weighted by Crippen LogP contribution is -2.22. The molecule has 1 heterocycles. The summed E-state index contributed by atoms with van der Waals surface area (Å²) in [5.74, 6) is 0.878. The number of ether oxygens (including phenoxy) is 2. The molecule has 0 aliphatic rings. The van der Waals surface area contributed by atoms with Crippen molar-refractivity contribution in [3.63, 3.8) is 0 Å². The Morgan fingerprint density at radius 1 is 1.19 bits per heavy atom. The fourth-order valence-corrected chi connectivity index (χ4v) is 1.77. The molecule has 0 aliphatic heterocycles. The molecular weight excluding hydrogens is 268 g/mol. The molecule has 0 spiro atoms. The van der Waals surface area contributed by atoms with E-state index in [1.807, 2.05) is 18.2 Å². The van der Waals surface area contributed by atoms with Crippen LogP contribution in [-0.2, 0) is 13.6 Å². The van der Waals surface area contributed by atoms with Crippen LogP contribution in [0.15, 0.2) is 30.6 Å². The molecule has 0 saturated carbocycles. The maximum atomic E-state index is 5.77. The van der Waals surface area contributed by atoms with Crippen molar-refractivity contribution in [3.05, 3.63) is 36.2 Å². The van der Waals surface area contributed by atoms with E-state index in [1.54, 1.807) is 18.1 Å². The minimum atomic E-state index is 0.371. The topological polar surface area (TPSA) is 61.2 Å². The van der Waals surface area contributed by atoms with Gasteiger partial charge in [0.1, 0.15) is 25.3 Å². The second kappa shape index (κ2) is 7.64. The third kappa shape index (κ3) is 5.07. The zero-order valence-corrected chi connectivity index (χ0v) is 12.7. The van der Waals surface area contributed by atoms with Gasteiger partial charge >= 0.3 is 6.01 Å². The Labute approximate surface area is 125 Å². The Morgan fingerprint density at radius 3 is 2.67 bits per heavy atom. The molecule has 0 aliphatic carbocycles. The van der Waals surface area contributed by atoms with Crippen LogP contribution in [0, 0.1) is 0 Å². The first-order valence-electron chi connectivity index (χ1n) is 7.07. The van der Waals surface area contributed by atoms with Gasteiger partial charge in [-0.25, -0.2) is 0 Å². The Balaban J connectivity index is 1.79. The number of aryl methyl sites for hydroxylation is 1. The Morgan fingerprint density at radius 2 is 1.95 bits per heavy atom. The Bertz CT molecular complexity index is 554. The fraction of sp³-hybridized carbons (Fsp3) is 0.467. The average Bonchev–Trinajstić information content (AvgIpc) is 2.88. The van der Waals surface area contributed by atoms with Crippen molar-refractivity contribution in [3.8, 4) is 11.8 Å². The molecule has 0 unspecified atom stereocenters. The maximum Gasteiger partial charge on any atom is 0.335 e. The van der Waals surface area contributed by atoms with E-state index in [0.29, 0.717) is 25.3 Å². The van der Waals surface area contributed by atoms with Crippen LogP contribution in [0.25, 0.3) is 0 Å². The minimum Gasteiger partial charge on any atom is -0.490 e. The van der Waals surface area contributed by atoms with Crippen LogP contribution in [0.5, 0.6) is 11.8 Å². The number of nitrogens with one attached hydrogen (secondary N) is 1. The van der Waals surface area contributed by atoms with Crippen molar-refractivity contribution in [1.29, 1.82) is 0 Å². The normalized spacial score (nSPS) is 10.9. The summed E-state index contributed by atoms with van der Waals surface area (Å²) in [6, 6.07) is 8.82. The molecule has 1 aromatic heterocycles. The van der Waals surface area contributed by atoms with Crippen LogP contribution in [0.1, 0.15) is 19.4 Å². The van der Waals surface area contributed by atoms with E-state index in [0.717, 1.165) is 17.9 Å². The zero-order chi connectivity index (χ0) is 15.1. The molecule has 0 fully saturated rings. The Kier molecular flexibility index (Phi) is 5.57. The smallest absolute Gasteiger partial charge is 0.335 e. The highest BCUT2D eigenvalue weighted by atomic mass is 16.5. The van der Waals surface area contributed by atoms with Crippen molar-refractivity contribution in [1.82, 2.24) is 20.1 Å². The van der Waals surface area contributed by atoms with Crippen molar-refractivity contribution < 1.29 is 9.47 Å². The number of aromatic nitrogens is 3. The highest BCUT2D eigenvalue weighted by Gasteiger charge is 2.04.